The molecule has 0 saturated carbocycles. The Bertz CT molecular complexity index is 584. The zero-order valence-electron chi connectivity index (χ0n) is 8.89. The molecule has 0 fully saturated rings. The number of hydrogen-bond acceptors (Lipinski definition) is 4. The molecule has 0 radical (unpaired) electrons. The van der Waals surface area contributed by atoms with Crippen molar-refractivity contribution in [1.29, 1.82) is 0 Å². The Morgan fingerprint density at radius 2 is 1.83 bits per heavy atom. The molecule has 0 aliphatic heterocycles. The van der Waals surface area contributed by atoms with E-state index in [0.717, 1.165) is 0 Å². The monoisotopic (exact) mass is 283 g/mol. The Hall–Kier alpha value is -1.85. The molecule has 0 unspecified atom stereocenters. The molecule has 1 aromatic heterocycles. The van der Waals surface area contributed by atoms with Gasteiger partial charge < -0.3 is 10.4 Å². The Kier molecular flexibility index (Phi) is 3.64. The van der Waals surface area contributed by atoms with Crippen LogP contribution in [0.15, 0.2) is 30.6 Å². The van der Waals surface area contributed by atoms with E-state index in [2.05, 4.69) is 15.3 Å². The smallest absolute Gasteiger partial charge is 0.356 e. The van der Waals surface area contributed by atoms with Gasteiger partial charge in [-0.25, -0.2) is 9.78 Å². The van der Waals surface area contributed by atoms with Crippen molar-refractivity contribution in [3.8, 4) is 0 Å². The number of anilines is 2. The standard InChI is InChI=1S/C11H7Cl2N3O2/c12-6-1-7(13)3-8(2-6)15-10-5-14-4-9(16-10)11(17)18/h1-5H,(H,15,16)(H,17,18). The molecule has 2 aromatic rings. The Morgan fingerprint density at radius 3 is 2.44 bits per heavy atom. The lowest BCUT2D eigenvalue weighted by Crippen LogP contribution is -2.03. The van der Waals surface area contributed by atoms with Crippen LogP contribution in [0.25, 0.3) is 0 Å². The molecule has 0 saturated heterocycles. The summed E-state index contributed by atoms with van der Waals surface area (Å²) in [4.78, 5) is 18.4. The number of hydrogen-bond donors (Lipinski definition) is 2. The zero-order chi connectivity index (χ0) is 13.1. The molecule has 2 N–H and O–H groups in total. The molecule has 0 aliphatic carbocycles. The quantitative estimate of drug-likeness (QED) is 0.905. The van der Waals surface area contributed by atoms with Gasteiger partial charge in [-0.1, -0.05) is 23.2 Å². The van der Waals surface area contributed by atoms with Gasteiger partial charge in [0.2, 0.25) is 0 Å². The van der Waals surface area contributed by atoms with Gasteiger partial charge in [-0.3, -0.25) is 4.98 Å². The van der Waals surface area contributed by atoms with E-state index in [1.165, 1.54) is 12.4 Å². The summed E-state index contributed by atoms with van der Waals surface area (Å²) in [6, 6.07) is 4.87. The van der Waals surface area contributed by atoms with Crippen molar-refractivity contribution in [2.75, 3.05) is 5.32 Å². The fourth-order valence-electron chi connectivity index (χ4n) is 1.30. The van der Waals surface area contributed by atoms with Crippen LogP contribution < -0.4 is 5.32 Å². The first-order valence-electron chi connectivity index (χ1n) is 4.83. The molecule has 0 amide bonds. The van der Waals surface area contributed by atoms with Crippen LogP contribution >= 0.6 is 23.2 Å². The summed E-state index contributed by atoms with van der Waals surface area (Å²) in [7, 11) is 0. The van der Waals surface area contributed by atoms with Crippen LogP contribution in [0.3, 0.4) is 0 Å². The summed E-state index contributed by atoms with van der Waals surface area (Å²) < 4.78 is 0. The van der Waals surface area contributed by atoms with E-state index >= 15 is 0 Å². The van der Waals surface area contributed by atoms with Gasteiger partial charge in [0.15, 0.2) is 5.69 Å². The van der Waals surface area contributed by atoms with Crippen LogP contribution in [0.2, 0.25) is 10.0 Å². The van der Waals surface area contributed by atoms with Gasteiger partial charge in [0.1, 0.15) is 5.82 Å². The normalized spacial score (nSPS) is 10.1. The third kappa shape index (κ3) is 3.09. The molecule has 1 aromatic carbocycles. The van der Waals surface area contributed by atoms with E-state index in [9.17, 15) is 4.79 Å². The average molecular weight is 284 g/mol. The van der Waals surface area contributed by atoms with E-state index in [-0.39, 0.29) is 5.69 Å². The first-order chi connectivity index (χ1) is 8.54. The molecule has 18 heavy (non-hydrogen) atoms. The van der Waals surface area contributed by atoms with Crippen molar-refractivity contribution >= 4 is 40.7 Å². The van der Waals surface area contributed by atoms with E-state index in [1.54, 1.807) is 18.2 Å². The maximum atomic E-state index is 10.7. The number of carboxylic acid groups (broad SMARTS) is 1. The molecule has 1 heterocycles. The number of carboxylic acids is 1. The number of carbonyl (C=O) groups is 1. The lowest BCUT2D eigenvalue weighted by molar-refractivity contribution is 0.0690. The van der Waals surface area contributed by atoms with E-state index < -0.39 is 5.97 Å². The molecule has 0 atom stereocenters. The first-order valence-corrected chi connectivity index (χ1v) is 5.58. The summed E-state index contributed by atoms with van der Waals surface area (Å²) in [5, 5.41) is 12.6. The third-order valence-electron chi connectivity index (χ3n) is 1.99. The average Bonchev–Trinajstić information content (AvgIpc) is 2.27. The van der Waals surface area contributed by atoms with E-state index in [0.29, 0.717) is 21.6 Å². The predicted octanol–water partition coefficient (Wildman–Crippen LogP) is 3.23. The Balaban J connectivity index is 2.28. The Morgan fingerprint density at radius 1 is 1.17 bits per heavy atom. The van der Waals surface area contributed by atoms with Crippen molar-refractivity contribution in [2.45, 2.75) is 0 Å². The zero-order valence-corrected chi connectivity index (χ0v) is 10.4. The second-order valence-electron chi connectivity index (χ2n) is 3.38. The lowest BCUT2D eigenvalue weighted by Gasteiger charge is -2.06. The highest BCUT2D eigenvalue weighted by molar-refractivity contribution is 6.35. The van der Waals surface area contributed by atoms with Gasteiger partial charge in [0, 0.05) is 15.7 Å². The number of aromatic carboxylic acids is 1. The van der Waals surface area contributed by atoms with Gasteiger partial charge in [0.05, 0.1) is 12.4 Å². The van der Waals surface area contributed by atoms with Crippen molar-refractivity contribution < 1.29 is 9.90 Å². The summed E-state index contributed by atoms with van der Waals surface area (Å²) in [6.07, 6.45) is 2.57. The van der Waals surface area contributed by atoms with Crippen LogP contribution in [0.4, 0.5) is 11.5 Å². The van der Waals surface area contributed by atoms with Crippen molar-refractivity contribution in [3.05, 3.63) is 46.3 Å². The van der Waals surface area contributed by atoms with E-state index in [4.69, 9.17) is 28.3 Å². The van der Waals surface area contributed by atoms with Gasteiger partial charge in [-0.15, -0.1) is 0 Å². The van der Waals surface area contributed by atoms with Crippen LogP contribution in [0, 0.1) is 0 Å². The van der Waals surface area contributed by atoms with Crippen molar-refractivity contribution in [1.82, 2.24) is 9.97 Å². The second-order valence-corrected chi connectivity index (χ2v) is 4.25. The van der Waals surface area contributed by atoms with Gasteiger partial charge in [0.25, 0.3) is 0 Å². The fraction of sp³-hybridized carbons (Fsp3) is 0. The minimum Gasteiger partial charge on any atom is -0.476 e. The van der Waals surface area contributed by atoms with Crippen molar-refractivity contribution in [3.63, 3.8) is 0 Å². The number of nitrogens with zero attached hydrogens (tertiary/aromatic N) is 2. The predicted molar refractivity (Wildman–Crippen MR) is 68.7 cm³/mol. The lowest BCUT2D eigenvalue weighted by atomic mass is 10.3. The molecule has 2 rings (SSSR count). The molecule has 7 heteroatoms. The number of aromatic nitrogens is 2. The molecular weight excluding hydrogens is 277 g/mol. The topological polar surface area (TPSA) is 75.1 Å². The SMILES string of the molecule is O=C(O)c1cncc(Nc2cc(Cl)cc(Cl)c2)n1. The maximum Gasteiger partial charge on any atom is 0.356 e. The molecular formula is C11H7Cl2N3O2. The molecule has 0 spiro atoms. The number of halogens is 2. The minimum absolute atomic E-state index is 0.145. The molecule has 0 bridgehead atoms. The highest BCUT2D eigenvalue weighted by atomic mass is 35.5. The van der Waals surface area contributed by atoms with Gasteiger partial charge >= 0.3 is 5.97 Å². The molecule has 92 valence electrons. The summed E-state index contributed by atoms with van der Waals surface area (Å²) in [6.45, 7) is 0. The number of rotatable bonds is 3. The van der Waals surface area contributed by atoms with Crippen LogP contribution in [0.5, 0.6) is 0 Å². The molecule has 5 nitrogen and oxygen atoms in total. The number of benzene rings is 1. The minimum atomic E-state index is -1.14. The van der Waals surface area contributed by atoms with Crippen LogP contribution in [-0.2, 0) is 0 Å². The highest BCUT2D eigenvalue weighted by Crippen LogP contribution is 2.24. The molecule has 0 aliphatic rings. The summed E-state index contributed by atoms with van der Waals surface area (Å²) >= 11 is 11.7. The van der Waals surface area contributed by atoms with Crippen LogP contribution in [0.1, 0.15) is 10.5 Å². The van der Waals surface area contributed by atoms with Gasteiger partial charge in [-0.2, -0.15) is 0 Å². The first kappa shape index (κ1) is 12.6. The van der Waals surface area contributed by atoms with Crippen molar-refractivity contribution in [2.24, 2.45) is 0 Å². The van der Waals surface area contributed by atoms with E-state index in [1.807, 2.05) is 0 Å². The summed E-state index contributed by atoms with van der Waals surface area (Å²) in [5.74, 6) is -0.844. The summed E-state index contributed by atoms with van der Waals surface area (Å²) in [5.41, 5.74) is 0.456. The fourth-order valence-corrected chi connectivity index (χ4v) is 1.83. The maximum absolute atomic E-state index is 10.7. The third-order valence-corrected chi connectivity index (χ3v) is 2.43. The van der Waals surface area contributed by atoms with Gasteiger partial charge in [-0.05, 0) is 18.2 Å². The van der Waals surface area contributed by atoms with Crippen LogP contribution in [-0.4, -0.2) is 21.0 Å². The Labute approximate surface area is 112 Å². The number of nitrogens with one attached hydrogen (secondary N) is 1. The largest absolute Gasteiger partial charge is 0.476 e. The highest BCUT2D eigenvalue weighted by Gasteiger charge is 2.06. The second kappa shape index (κ2) is 5.20.